The van der Waals surface area contributed by atoms with Gasteiger partial charge in [-0.2, -0.15) is 0 Å². The number of hydrogen-bond acceptors (Lipinski definition) is 4. The highest BCUT2D eigenvalue weighted by atomic mass is 32.2. The number of carbonyl (C=O) groups excluding carboxylic acids is 1. The number of rotatable bonds is 5. The summed E-state index contributed by atoms with van der Waals surface area (Å²) in [7, 11) is 0. The molecule has 132 valence electrons. The van der Waals surface area contributed by atoms with Crippen LogP contribution < -0.4 is 0 Å². The fraction of sp³-hybridized carbons (Fsp3) is 0.526. The standard InChI is InChI=1S/C19H24N4OS/c1-14-7-5-6-12-22(14)17(24)13-25-19-21-20-18(15-10-11-15)23(19)16-8-3-2-4-9-16/h2-4,8-9,14-15H,5-7,10-13H2,1H3/t14-/m0/s1. The van der Waals surface area contributed by atoms with Gasteiger partial charge < -0.3 is 4.90 Å². The third kappa shape index (κ3) is 3.59. The molecule has 25 heavy (non-hydrogen) atoms. The van der Waals surface area contributed by atoms with Crippen LogP contribution in [0.3, 0.4) is 0 Å². The predicted molar refractivity (Wildman–Crippen MR) is 99.1 cm³/mol. The average molecular weight is 356 g/mol. The summed E-state index contributed by atoms with van der Waals surface area (Å²) in [5, 5.41) is 9.65. The first-order valence-corrected chi connectivity index (χ1v) is 10.2. The molecule has 0 spiro atoms. The van der Waals surface area contributed by atoms with Crippen molar-refractivity contribution in [2.75, 3.05) is 12.3 Å². The Morgan fingerprint density at radius 1 is 1.16 bits per heavy atom. The van der Waals surface area contributed by atoms with Gasteiger partial charge in [0.05, 0.1) is 5.75 Å². The van der Waals surface area contributed by atoms with E-state index in [1.807, 2.05) is 23.1 Å². The lowest BCUT2D eigenvalue weighted by molar-refractivity contribution is -0.131. The van der Waals surface area contributed by atoms with Crippen LogP contribution in [0, 0.1) is 0 Å². The number of amides is 1. The van der Waals surface area contributed by atoms with Crippen molar-refractivity contribution in [2.24, 2.45) is 0 Å². The molecular formula is C19H24N4OS. The summed E-state index contributed by atoms with van der Waals surface area (Å²) in [4.78, 5) is 14.7. The van der Waals surface area contributed by atoms with Gasteiger partial charge in [0.25, 0.3) is 0 Å². The molecule has 1 saturated heterocycles. The molecule has 6 heteroatoms. The number of aromatic nitrogens is 3. The van der Waals surface area contributed by atoms with E-state index in [4.69, 9.17) is 0 Å². The van der Waals surface area contributed by atoms with Crippen LogP contribution in [0.5, 0.6) is 0 Å². The number of hydrogen-bond donors (Lipinski definition) is 0. The Labute approximate surface area is 152 Å². The Kier molecular flexibility index (Phi) is 4.79. The molecule has 1 atom stereocenters. The second kappa shape index (κ2) is 7.20. The zero-order valence-corrected chi connectivity index (χ0v) is 15.4. The van der Waals surface area contributed by atoms with Gasteiger partial charge in [-0.05, 0) is 51.2 Å². The molecule has 2 aromatic rings. The predicted octanol–water partition coefficient (Wildman–Crippen LogP) is 3.64. The highest BCUT2D eigenvalue weighted by Gasteiger charge is 2.31. The van der Waals surface area contributed by atoms with E-state index in [0.717, 1.165) is 36.1 Å². The van der Waals surface area contributed by atoms with Crippen LogP contribution in [0.15, 0.2) is 35.5 Å². The second-order valence-corrected chi connectivity index (χ2v) is 7.95. The fourth-order valence-corrected chi connectivity index (χ4v) is 4.32. The summed E-state index contributed by atoms with van der Waals surface area (Å²) in [6, 6.07) is 10.6. The van der Waals surface area contributed by atoms with Crippen LogP contribution in [-0.4, -0.2) is 43.9 Å². The maximum atomic E-state index is 12.6. The lowest BCUT2D eigenvalue weighted by Gasteiger charge is -2.33. The Morgan fingerprint density at radius 2 is 1.96 bits per heavy atom. The topological polar surface area (TPSA) is 51.0 Å². The van der Waals surface area contributed by atoms with Crippen LogP contribution in [0.4, 0.5) is 0 Å². The molecule has 0 radical (unpaired) electrons. The van der Waals surface area contributed by atoms with Gasteiger partial charge in [-0.3, -0.25) is 9.36 Å². The van der Waals surface area contributed by atoms with Gasteiger partial charge in [-0.15, -0.1) is 10.2 Å². The minimum atomic E-state index is 0.216. The summed E-state index contributed by atoms with van der Waals surface area (Å²) in [5.41, 5.74) is 1.08. The maximum absolute atomic E-state index is 12.6. The van der Waals surface area contributed by atoms with E-state index in [-0.39, 0.29) is 5.91 Å². The molecule has 1 amide bonds. The van der Waals surface area contributed by atoms with Gasteiger partial charge in [0.15, 0.2) is 5.16 Å². The van der Waals surface area contributed by atoms with Crippen molar-refractivity contribution in [1.82, 2.24) is 19.7 Å². The zero-order chi connectivity index (χ0) is 17.2. The third-order valence-electron chi connectivity index (χ3n) is 5.06. The summed E-state index contributed by atoms with van der Waals surface area (Å²) < 4.78 is 2.13. The van der Waals surface area contributed by atoms with E-state index < -0.39 is 0 Å². The molecule has 2 fully saturated rings. The van der Waals surface area contributed by atoms with Crippen LogP contribution >= 0.6 is 11.8 Å². The zero-order valence-electron chi connectivity index (χ0n) is 14.6. The Morgan fingerprint density at radius 3 is 2.68 bits per heavy atom. The first kappa shape index (κ1) is 16.6. The number of carbonyl (C=O) groups is 1. The fourth-order valence-electron chi connectivity index (χ4n) is 3.48. The molecule has 2 aliphatic rings. The average Bonchev–Trinajstić information content (AvgIpc) is 3.40. The Bertz CT molecular complexity index is 741. The molecule has 5 nitrogen and oxygen atoms in total. The number of thioether (sulfide) groups is 1. The van der Waals surface area contributed by atoms with Crippen molar-refractivity contribution in [3.8, 4) is 5.69 Å². The number of nitrogens with zero attached hydrogens (tertiary/aromatic N) is 4. The molecule has 1 aliphatic heterocycles. The van der Waals surface area contributed by atoms with E-state index in [2.05, 4.69) is 33.8 Å². The largest absolute Gasteiger partial charge is 0.339 e. The van der Waals surface area contributed by atoms with Gasteiger partial charge in [-0.25, -0.2) is 0 Å². The molecule has 2 heterocycles. The number of likely N-dealkylation sites (tertiary alicyclic amines) is 1. The van der Waals surface area contributed by atoms with E-state index in [9.17, 15) is 4.79 Å². The van der Waals surface area contributed by atoms with Gasteiger partial charge >= 0.3 is 0 Å². The van der Waals surface area contributed by atoms with E-state index in [0.29, 0.717) is 17.7 Å². The lowest BCUT2D eigenvalue weighted by atomic mass is 10.0. The molecular weight excluding hydrogens is 332 g/mol. The highest BCUT2D eigenvalue weighted by molar-refractivity contribution is 7.99. The van der Waals surface area contributed by atoms with Crippen molar-refractivity contribution in [3.05, 3.63) is 36.2 Å². The van der Waals surface area contributed by atoms with Crippen molar-refractivity contribution >= 4 is 17.7 Å². The van der Waals surface area contributed by atoms with Gasteiger partial charge in [0, 0.05) is 24.2 Å². The van der Waals surface area contributed by atoms with Gasteiger partial charge in [0.1, 0.15) is 5.82 Å². The summed E-state index contributed by atoms with van der Waals surface area (Å²) in [5.74, 6) is 2.19. The molecule has 0 unspecified atom stereocenters. The van der Waals surface area contributed by atoms with Crippen molar-refractivity contribution < 1.29 is 4.79 Å². The molecule has 0 bridgehead atoms. The monoisotopic (exact) mass is 356 g/mol. The van der Waals surface area contributed by atoms with Crippen LogP contribution in [-0.2, 0) is 4.79 Å². The van der Waals surface area contributed by atoms with E-state index in [1.54, 1.807) is 0 Å². The van der Waals surface area contributed by atoms with Crippen LogP contribution in [0.25, 0.3) is 5.69 Å². The number of piperidine rings is 1. The number of benzene rings is 1. The first-order chi connectivity index (χ1) is 12.2. The molecule has 1 aliphatic carbocycles. The van der Waals surface area contributed by atoms with Crippen molar-refractivity contribution in [1.29, 1.82) is 0 Å². The van der Waals surface area contributed by atoms with Crippen LogP contribution in [0.2, 0.25) is 0 Å². The maximum Gasteiger partial charge on any atom is 0.233 e. The minimum absolute atomic E-state index is 0.216. The lowest BCUT2D eigenvalue weighted by Crippen LogP contribution is -2.42. The molecule has 0 N–H and O–H groups in total. The highest BCUT2D eigenvalue weighted by Crippen LogP contribution is 2.41. The van der Waals surface area contributed by atoms with E-state index in [1.165, 1.54) is 31.0 Å². The van der Waals surface area contributed by atoms with E-state index >= 15 is 0 Å². The summed E-state index contributed by atoms with van der Waals surface area (Å²) >= 11 is 1.51. The summed E-state index contributed by atoms with van der Waals surface area (Å²) in [6.45, 7) is 3.04. The second-order valence-electron chi connectivity index (χ2n) is 7.01. The number of para-hydroxylation sites is 1. The summed E-state index contributed by atoms with van der Waals surface area (Å²) in [6.07, 6.45) is 5.82. The SMILES string of the molecule is C[C@H]1CCCCN1C(=O)CSc1nnc(C2CC2)n1-c1ccccc1. The van der Waals surface area contributed by atoms with Crippen molar-refractivity contribution in [3.63, 3.8) is 0 Å². The van der Waals surface area contributed by atoms with Crippen LogP contribution in [0.1, 0.15) is 50.8 Å². The molecule has 1 saturated carbocycles. The van der Waals surface area contributed by atoms with Gasteiger partial charge in [-0.1, -0.05) is 30.0 Å². The third-order valence-corrected chi connectivity index (χ3v) is 5.98. The van der Waals surface area contributed by atoms with Gasteiger partial charge in [0.2, 0.25) is 5.91 Å². The first-order valence-electron chi connectivity index (χ1n) is 9.17. The Hall–Kier alpha value is -1.82. The minimum Gasteiger partial charge on any atom is -0.339 e. The molecule has 4 rings (SSSR count). The normalized spacial score (nSPS) is 20.7. The molecule has 1 aromatic heterocycles. The smallest absolute Gasteiger partial charge is 0.233 e. The quantitative estimate of drug-likeness (QED) is 0.768. The molecule has 1 aromatic carbocycles. The Balaban J connectivity index is 1.52. The van der Waals surface area contributed by atoms with Crippen molar-refractivity contribution in [2.45, 2.75) is 56.1 Å².